The molecule has 1 heterocycles. The van der Waals surface area contributed by atoms with Gasteiger partial charge in [-0.05, 0) is 38.2 Å². The van der Waals surface area contributed by atoms with Crippen LogP contribution in [0.3, 0.4) is 0 Å². The highest BCUT2D eigenvalue weighted by Crippen LogP contribution is 2.23. The van der Waals surface area contributed by atoms with Crippen LogP contribution in [0, 0.1) is 5.92 Å². The van der Waals surface area contributed by atoms with E-state index in [2.05, 4.69) is 41.9 Å². The van der Waals surface area contributed by atoms with E-state index < -0.39 is 0 Å². The molecule has 3 nitrogen and oxygen atoms in total. The van der Waals surface area contributed by atoms with Crippen molar-refractivity contribution in [1.82, 2.24) is 15.1 Å². The zero-order valence-electron chi connectivity index (χ0n) is 12.8. The third kappa shape index (κ3) is 3.82. The maximum absolute atomic E-state index is 4.63. The van der Waals surface area contributed by atoms with E-state index in [4.69, 9.17) is 0 Å². The van der Waals surface area contributed by atoms with Crippen molar-refractivity contribution >= 4 is 0 Å². The molecule has 19 heavy (non-hydrogen) atoms. The van der Waals surface area contributed by atoms with E-state index in [1.54, 1.807) is 0 Å². The van der Waals surface area contributed by atoms with Crippen molar-refractivity contribution in [2.45, 2.75) is 78.4 Å². The van der Waals surface area contributed by atoms with Gasteiger partial charge >= 0.3 is 0 Å². The summed E-state index contributed by atoms with van der Waals surface area (Å²) in [7, 11) is 0. The lowest BCUT2D eigenvalue weighted by Crippen LogP contribution is -2.34. The van der Waals surface area contributed by atoms with Crippen LogP contribution >= 0.6 is 0 Å². The number of nitrogens with one attached hydrogen (secondary N) is 1. The summed E-state index contributed by atoms with van der Waals surface area (Å²) in [6.07, 6.45) is 7.95. The SMILES string of the molecule is CCc1cc(CNC2CCCCCC2C)n(CC)n1. The molecule has 0 radical (unpaired) electrons. The van der Waals surface area contributed by atoms with Crippen LogP contribution < -0.4 is 5.32 Å². The molecule has 1 N–H and O–H groups in total. The number of hydrogen-bond acceptors (Lipinski definition) is 2. The first kappa shape index (κ1) is 14.6. The number of nitrogens with zero attached hydrogens (tertiary/aromatic N) is 2. The third-order valence-electron chi connectivity index (χ3n) is 4.48. The van der Waals surface area contributed by atoms with Crippen molar-refractivity contribution in [2.24, 2.45) is 5.92 Å². The molecule has 108 valence electrons. The van der Waals surface area contributed by atoms with Gasteiger partial charge < -0.3 is 5.32 Å². The van der Waals surface area contributed by atoms with Crippen LogP contribution in [0.5, 0.6) is 0 Å². The highest BCUT2D eigenvalue weighted by molar-refractivity contribution is 5.10. The fourth-order valence-electron chi connectivity index (χ4n) is 3.14. The molecule has 0 amide bonds. The largest absolute Gasteiger partial charge is 0.308 e. The third-order valence-corrected chi connectivity index (χ3v) is 4.48. The quantitative estimate of drug-likeness (QED) is 0.824. The van der Waals surface area contributed by atoms with Gasteiger partial charge in [0.15, 0.2) is 0 Å². The smallest absolute Gasteiger partial charge is 0.0625 e. The summed E-state index contributed by atoms with van der Waals surface area (Å²) >= 11 is 0. The molecular formula is C16H29N3. The molecule has 1 aromatic rings. The van der Waals surface area contributed by atoms with Crippen molar-refractivity contribution in [2.75, 3.05) is 0 Å². The summed E-state index contributed by atoms with van der Waals surface area (Å²) in [6.45, 7) is 8.68. The number of hydrogen-bond donors (Lipinski definition) is 1. The predicted octanol–water partition coefficient (Wildman–Crippen LogP) is 3.52. The van der Waals surface area contributed by atoms with Gasteiger partial charge in [-0.2, -0.15) is 5.10 Å². The molecule has 3 heteroatoms. The average molecular weight is 263 g/mol. The first-order valence-corrected chi connectivity index (χ1v) is 8.03. The fourth-order valence-corrected chi connectivity index (χ4v) is 3.14. The van der Waals surface area contributed by atoms with Crippen molar-refractivity contribution in [3.05, 3.63) is 17.5 Å². The lowest BCUT2D eigenvalue weighted by molar-refractivity contribution is 0.351. The van der Waals surface area contributed by atoms with Crippen LogP contribution in [-0.2, 0) is 19.5 Å². The highest BCUT2D eigenvalue weighted by Gasteiger charge is 2.19. The van der Waals surface area contributed by atoms with Crippen molar-refractivity contribution in [1.29, 1.82) is 0 Å². The van der Waals surface area contributed by atoms with Crippen molar-refractivity contribution in [3.63, 3.8) is 0 Å². The van der Waals surface area contributed by atoms with Gasteiger partial charge in [0, 0.05) is 19.1 Å². The normalized spacial score (nSPS) is 24.4. The van der Waals surface area contributed by atoms with Gasteiger partial charge in [-0.1, -0.05) is 33.1 Å². The Hall–Kier alpha value is -0.830. The average Bonchev–Trinajstić information content (AvgIpc) is 2.72. The van der Waals surface area contributed by atoms with Crippen LogP contribution in [0.25, 0.3) is 0 Å². The Morgan fingerprint density at radius 2 is 2.05 bits per heavy atom. The van der Waals surface area contributed by atoms with Gasteiger partial charge in [-0.3, -0.25) is 4.68 Å². The molecule has 1 aliphatic rings. The lowest BCUT2D eigenvalue weighted by Gasteiger charge is -2.23. The van der Waals surface area contributed by atoms with Gasteiger partial charge in [0.1, 0.15) is 0 Å². The first-order chi connectivity index (χ1) is 9.24. The summed E-state index contributed by atoms with van der Waals surface area (Å²) in [6, 6.07) is 2.95. The van der Waals surface area contributed by atoms with E-state index in [1.807, 2.05) is 0 Å². The minimum atomic E-state index is 0.688. The summed E-state index contributed by atoms with van der Waals surface area (Å²) in [5.41, 5.74) is 2.56. The molecule has 0 saturated heterocycles. The van der Waals surface area contributed by atoms with Crippen molar-refractivity contribution in [3.8, 4) is 0 Å². The monoisotopic (exact) mass is 263 g/mol. The van der Waals surface area contributed by atoms with Crippen LogP contribution in [0.2, 0.25) is 0 Å². The standard InChI is InChI=1S/C16H29N3/c1-4-14-11-15(19(5-2)18-14)12-17-16-10-8-6-7-9-13(16)3/h11,13,16-17H,4-10,12H2,1-3H3. The second kappa shape index (κ2) is 7.09. The van der Waals surface area contributed by atoms with Crippen LogP contribution in [0.15, 0.2) is 6.07 Å². The zero-order valence-corrected chi connectivity index (χ0v) is 12.8. The minimum absolute atomic E-state index is 0.688. The molecule has 0 bridgehead atoms. The minimum Gasteiger partial charge on any atom is -0.308 e. The van der Waals surface area contributed by atoms with E-state index in [0.717, 1.165) is 25.4 Å². The Morgan fingerprint density at radius 3 is 2.79 bits per heavy atom. The maximum atomic E-state index is 4.63. The number of aromatic nitrogens is 2. The molecule has 2 atom stereocenters. The van der Waals surface area contributed by atoms with E-state index in [0.29, 0.717) is 6.04 Å². The first-order valence-electron chi connectivity index (χ1n) is 8.03. The fraction of sp³-hybridized carbons (Fsp3) is 0.812. The Morgan fingerprint density at radius 1 is 1.26 bits per heavy atom. The Labute approximate surface area is 117 Å². The molecule has 2 rings (SSSR count). The van der Waals surface area contributed by atoms with E-state index in [-0.39, 0.29) is 0 Å². The lowest BCUT2D eigenvalue weighted by atomic mass is 9.97. The van der Waals surface area contributed by atoms with Gasteiger partial charge in [-0.15, -0.1) is 0 Å². The van der Waals surface area contributed by atoms with Crippen LogP contribution in [0.4, 0.5) is 0 Å². The second-order valence-electron chi connectivity index (χ2n) is 5.90. The highest BCUT2D eigenvalue weighted by atomic mass is 15.3. The van der Waals surface area contributed by atoms with E-state index in [9.17, 15) is 0 Å². The topological polar surface area (TPSA) is 29.9 Å². The Kier molecular flexibility index (Phi) is 5.44. The molecule has 2 unspecified atom stereocenters. The molecule has 0 aliphatic heterocycles. The van der Waals surface area contributed by atoms with Crippen LogP contribution in [-0.4, -0.2) is 15.8 Å². The summed E-state index contributed by atoms with van der Waals surface area (Å²) in [5.74, 6) is 0.811. The number of aryl methyl sites for hydroxylation is 2. The maximum Gasteiger partial charge on any atom is 0.0625 e. The summed E-state index contributed by atoms with van der Waals surface area (Å²) in [5, 5.41) is 8.40. The Bertz CT molecular complexity index is 383. The van der Waals surface area contributed by atoms with E-state index in [1.165, 1.54) is 43.5 Å². The second-order valence-corrected chi connectivity index (χ2v) is 5.90. The molecule has 1 aliphatic carbocycles. The summed E-state index contributed by atoms with van der Waals surface area (Å²) < 4.78 is 2.15. The summed E-state index contributed by atoms with van der Waals surface area (Å²) in [4.78, 5) is 0. The molecule has 0 spiro atoms. The molecule has 1 saturated carbocycles. The predicted molar refractivity (Wildman–Crippen MR) is 80.2 cm³/mol. The van der Waals surface area contributed by atoms with Gasteiger partial charge in [0.2, 0.25) is 0 Å². The molecular weight excluding hydrogens is 234 g/mol. The molecule has 0 aromatic carbocycles. The van der Waals surface area contributed by atoms with Gasteiger partial charge in [-0.25, -0.2) is 0 Å². The zero-order chi connectivity index (χ0) is 13.7. The van der Waals surface area contributed by atoms with Crippen molar-refractivity contribution < 1.29 is 0 Å². The van der Waals surface area contributed by atoms with Gasteiger partial charge in [0.25, 0.3) is 0 Å². The molecule has 1 aromatic heterocycles. The molecule has 1 fully saturated rings. The van der Waals surface area contributed by atoms with Gasteiger partial charge in [0.05, 0.1) is 11.4 Å². The Balaban J connectivity index is 1.95. The number of rotatable bonds is 5. The van der Waals surface area contributed by atoms with Crippen LogP contribution in [0.1, 0.15) is 64.3 Å². The van der Waals surface area contributed by atoms with E-state index >= 15 is 0 Å².